The molecule has 0 heterocycles. The van der Waals surface area contributed by atoms with Gasteiger partial charge in [0.05, 0.1) is 17.9 Å². The molecule has 0 amide bonds. The van der Waals surface area contributed by atoms with Crippen molar-refractivity contribution in [1.82, 2.24) is 0 Å². The second-order valence-electron chi connectivity index (χ2n) is 2.50. The molecule has 0 N–H and O–H groups in total. The highest BCUT2D eigenvalue weighted by atomic mass is 32.2. The first-order valence-corrected chi connectivity index (χ1v) is 4.96. The minimum absolute atomic E-state index is 0.0472. The van der Waals surface area contributed by atoms with Crippen molar-refractivity contribution in [1.29, 1.82) is 5.26 Å². The van der Waals surface area contributed by atoms with E-state index in [1.54, 1.807) is 0 Å². The molecule has 0 aromatic heterocycles. The number of nitriles is 1. The lowest BCUT2D eigenvalue weighted by Gasteiger charge is -2.06. The van der Waals surface area contributed by atoms with Crippen LogP contribution in [0.25, 0.3) is 0 Å². The average molecular weight is 187 g/mol. The smallest absolute Gasteiger partial charge is 0.316 e. The van der Waals surface area contributed by atoms with Gasteiger partial charge in [-0.3, -0.25) is 4.79 Å². The Morgan fingerprint density at radius 3 is 2.83 bits per heavy atom. The molecule has 0 aromatic rings. The number of ether oxygens (including phenoxy) is 1. The highest BCUT2D eigenvalue weighted by molar-refractivity contribution is 7.99. The van der Waals surface area contributed by atoms with Crippen molar-refractivity contribution in [2.75, 3.05) is 11.5 Å². The van der Waals surface area contributed by atoms with Gasteiger partial charge in [0.2, 0.25) is 0 Å². The molecule has 0 saturated carbocycles. The van der Waals surface area contributed by atoms with Crippen LogP contribution in [0.2, 0.25) is 0 Å². The van der Waals surface area contributed by atoms with Crippen LogP contribution in [0.5, 0.6) is 0 Å². The van der Waals surface area contributed by atoms with Crippen molar-refractivity contribution in [3.05, 3.63) is 0 Å². The van der Waals surface area contributed by atoms with Gasteiger partial charge in [-0.05, 0) is 13.8 Å². The second kappa shape index (κ2) is 6.99. The van der Waals surface area contributed by atoms with Crippen LogP contribution >= 0.6 is 11.8 Å². The number of carbonyl (C=O) groups is 1. The Hall–Kier alpha value is -0.690. The van der Waals surface area contributed by atoms with E-state index in [1.165, 1.54) is 11.8 Å². The predicted octanol–water partition coefficient (Wildman–Crippen LogP) is 1.58. The number of carbonyl (C=O) groups excluding carboxylic acids is 1. The third-order valence-corrected chi connectivity index (χ3v) is 1.88. The maximum Gasteiger partial charge on any atom is 0.316 e. The van der Waals surface area contributed by atoms with Gasteiger partial charge in [0.25, 0.3) is 0 Å². The molecule has 0 unspecified atom stereocenters. The number of thioether (sulfide) groups is 1. The zero-order valence-electron chi connectivity index (χ0n) is 7.37. The fourth-order valence-corrected chi connectivity index (χ4v) is 1.18. The van der Waals surface area contributed by atoms with Crippen molar-refractivity contribution < 1.29 is 9.53 Å². The number of hydrogen-bond acceptors (Lipinski definition) is 4. The zero-order chi connectivity index (χ0) is 9.40. The van der Waals surface area contributed by atoms with Crippen LogP contribution in [0.4, 0.5) is 0 Å². The Morgan fingerprint density at radius 1 is 1.67 bits per heavy atom. The molecule has 0 aliphatic rings. The van der Waals surface area contributed by atoms with Crippen LogP contribution in [0.15, 0.2) is 0 Å². The molecule has 0 aliphatic carbocycles. The van der Waals surface area contributed by atoms with Gasteiger partial charge in [-0.2, -0.15) is 5.26 Å². The summed E-state index contributed by atoms with van der Waals surface area (Å²) in [6.07, 6.45) is 0.439. The molecular formula is C8H13NO2S. The van der Waals surface area contributed by atoms with Crippen molar-refractivity contribution in [2.24, 2.45) is 0 Å². The Bertz CT molecular complexity index is 174. The summed E-state index contributed by atoms with van der Waals surface area (Å²) in [6.45, 7) is 3.63. The van der Waals surface area contributed by atoms with Crippen LogP contribution in [-0.2, 0) is 9.53 Å². The molecular weight excluding hydrogens is 174 g/mol. The first kappa shape index (κ1) is 11.3. The van der Waals surface area contributed by atoms with Crippen molar-refractivity contribution in [2.45, 2.75) is 26.4 Å². The Kier molecular flexibility index (Phi) is 6.58. The van der Waals surface area contributed by atoms with Gasteiger partial charge in [0.1, 0.15) is 0 Å². The molecule has 0 rings (SSSR count). The topological polar surface area (TPSA) is 50.1 Å². The normalized spacial score (nSPS) is 9.50. The molecule has 3 nitrogen and oxygen atoms in total. The standard InChI is InChI=1S/C8H13NO2S/c1-7(2)11-8(10)6-12-5-3-4-9/h7H,3,5-6H2,1-2H3. The summed E-state index contributed by atoms with van der Waals surface area (Å²) in [6, 6.07) is 2.01. The predicted molar refractivity (Wildman–Crippen MR) is 48.8 cm³/mol. The zero-order valence-corrected chi connectivity index (χ0v) is 8.19. The van der Waals surface area contributed by atoms with Crippen LogP contribution in [-0.4, -0.2) is 23.6 Å². The molecule has 68 valence electrons. The van der Waals surface area contributed by atoms with E-state index in [2.05, 4.69) is 0 Å². The molecule has 0 atom stereocenters. The van der Waals surface area contributed by atoms with Gasteiger partial charge in [0.15, 0.2) is 0 Å². The molecule has 0 spiro atoms. The minimum Gasteiger partial charge on any atom is -0.462 e. The molecule has 0 bridgehead atoms. The molecule has 0 radical (unpaired) electrons. The van der Waals surface area contributed by atoms with Crippen LogP contribution < -0.4 is 0 Å². The monoisotopic (exact) mass is 187 g/mol. The summed E-state index contributed by atoms with van der Waals surface area (Å²) in [5.41, 5.74) is 0. The number of nitrogens with zero attached hydrogens (tertiary/aromatic N) is 1. The van der Waals surface area contributed by atoms with E-state index in [1.807, 2.05) is 19.9 Å². The average Bonchev–Trinajstić information content (AvgIpc) is 1.97. The Balaban J connectivity index is 3.27. The van der Waals surface area contributed by atoms with Gasteiger partial charge in [-0.25, -0.2) is 0 Å². The molecule has 0 aliphatic heterocycles. The van der Waals surface area contributed by atoms with E-state index in [0.717, 1.165) is 0 Å². The molecule has 0 fully saturated rings. The Morgan fingerprint density at radius 2 is 2.33 bits per heavy atom. The highest BCUT2D eigenvalue weighted by Gasteiger charge is 2.04. The lowest BCUT2D eigenvalue weighted by molar-refractivity contribution is -0.144. The first-order chi connectivity index (χ1) is 5.66. The summed E-state index contributed by atoms with van der Waals surface area (Å²) in [5.74, 6) is 0.844. The van der Waals surface area contributed by atoms with Gasteiger partial charge >= 0.3 is 5.97 Å². The van der Waals surface area contributed by atoms with E-state index in [9.17, 15) is 4.79 Å². The third kappa shape index (κ3) is 7.42. The lowest BCUT2D eigenvalue weighted by Crippen LogP contribution is -2.13. The summed E-state index contributed by atoms with van der Waals surface area (Å²) in [5, 5.41) is 8.20. The molecule has 12 heavy (non-hydrogen) atoms. The Labute approximate surface area is 77.1 Å². The molecule has 0 aromatic carbocycles. The SMILES string of the molecule is CC(C)OC(=O)CSCCC#N. The van der Waals surface area contributed by atoms with E-state index >= 15 is 0 Å². The van der Waals surface area contributed by atoms with Crippen LogP contribution in [0.3, 0.4) is 0 Å². The maximum atomic E-state index is 10.9. The number of hydrogen-bond donors (Lipinski definition) is 0. The van der Waals surface area contributed by atoms with Gasteiger partial charge < -0.3 is 4.74 Å². The third-order valence-electron chi connectivity index (χ3n) is 0.945. The van der Waals surface area contributed by atoms with Crippen molar-refractivity contribution in [3.63, 3.8) is 0 Å². The fourth-order valence-electron chi connectivity index (χ4n) is 0.570. The second-order valence-corrected chi connectivity index (χ2v) is 3.60. The van der Waals surface area contributed by atoms with Gasteiger partial charge in [0, 0.05) is 12.2 Å². The summed E-state index contributed by atoms with van der Waals surface area (Å²) < 4.78 is 4.89. The quantitative estimate of drug-likeness (QED) is 0.484. The van der Waals surface area contributed by atoms with E-state index in [-0.39, 0.29) is 12.1 Å². The summed E-state index contributed by atoms with van der Waals surface area (Å²) >= 11 is 1.43. The highest BCUT2D eigenvalue weighted by Crippen LogP contribution is 2.03. The minimum atomic E-state index is -0.201. The fraction of sp³-hybridized carbons (Fsp3) is 0.750. The van der Waals surface area contributed by atoms with Gasteiger partial charge in [-0.15, -0.1) is 11.8 Å². The van der Waals surface area contributed by atoms with Crippen molar-refractivity contribution >= 4 is 17.7 Å². The van der Waals surface area contributed by atoms with Crippen molar-refractivity contribution in [3.8, 4) is 6.07 Å². The van der Waals surface area contributed by atoms with Gasteiger partial charge in [-0.1, -0.05) is 0 Å². The maximum absolute atomic E-state index is 10.9. The number of rotatable bonds is 5. The van der Waals surface area contributed by atoms with Crippen LogP contribution in [0, 0.1) is 11.3 Å². The molecule has 4 heteroatoms. The first-order valence-electron chi connectivity index (χ1n) is 3.81. The number of esters is 1. The summed E-state index contributed by atoms with van der Waals surface area (Å²) in [7, 11) is 0. The van der Waals surface area contributed by atoms with Crippen LogP contribution in [0.1, 0.15) is 20.3 Å². The lowest BCUT2D eigenvalue weighted by atomic mass is 10.5. The summed E-state index contributed by atoms with van der Waals surface area (Å²) in [4.78, 5) is 10.9. The van der Waals surface area contributed by atoms with E-state index in [0.29, 0.717) is 17.9 Å². The van der Waals surface area contributed by atoms with E-state index in [4.69, 9.17) is 10.00 Å². The molecule has 0 saturated heterocycles. The largest absolute Gasteiger partial charge is 0.462 e. The van der Waals surface area contributed by atoms with E-state index < -0.39 is 0 Å².